The molecule has 0 unspecified atom stereocenters. The van der Waals surface area contributed by atoms with Crippen LogP contribution in [0.4, 0.5) is 5.69 Å². The average molecular weight is 502 g/mol. The molecule has 3 rings (SSSR count). The average Bonchev–Trinajstić information content (AvgIpc) is 3.04. The summed E-state index contributed by atoms with van der Waals surface area (Å²) in [7, 11) is 1.89. The molecule has 0 spiro atoms. The van der Waals surface area contributed by atoms with Gasteiger partial charge in [0.2, 0.25) is 5.91 Å². The molecule has 0 saturated heterocycles. The third-order valence-electron chi connectivity index (χ3n) is 4.22. The van der Waals surface area contributed by atoms with Crippen molar-refractivity contribution < 1.29 is 4.79 Å². The Morgan fingerprint density at radius 3 is 2.60 bits per heavy atom. The van der Waals surface area contributed by atoms with Gasteiger partial charge in [-0.1, -0.05) is 58.7 Å². The first kappa shape index (κ1) is 23.3. The van der Waals surface area contributed by atoms with E-state index in [0.717, 1.165) is 22.7 Å². The maximum atomic E-state index is 12.2. The lowest BCUT2D eigenvalue weighted by molar-refractivity contribution is -0.113. The van der Waals surface area contributed by atoms with Gasteiger partial charge in [-0.05, 0) is 42.3 Å². The maximum absolute atomic E-state index is 12.2. The summed E-state index contributed by atoms with van der Waals surface area (Å²) >= 11 is 21.3. The predicted octanol–water partition coefficient (Wildman–Crippen LogP) is 6.25. The van der Waals surface area contributed by atoms with Crippen LogP contribution < -0.4 is 5.32 Å². The van der Waals surface area contributed by atoms with Gasteiger partial charge in [-0.15, -0.1) is 22.0 Å². The van der Waals surface area contributed by atoms with Crippen LogP contribution in [0, 0.1) is 6.92 Å². The zero-order valence-corrected chi connectivity index (χ0v) is 20.2. The molecule has 0 bridgehead atoms. The number of rotatable bonds is 8. The number of hydrogen-bond donors (Lipinski definition) is 1. The van der Waals surface area contributed by atoms with Crippen molar-refractivity contribution in [2.45, 2.75) is 23.6 Å². The van der Waals surface area contributed by atoms with Crippen molar-refractivity contribution in [1.82, 2.24) is 14.8 Å². The van der Waals surface area contributed by atoms with E-state index in [9.17, 15) is 4.79 Å². The molecule has 1 amide bonds. The van der Waals surface area contributed by atoms with E-state index in [1.54, 1.807) is 23.9 Å². The number of anilines is 1. The van der Waals surface area contributed by atoms with Crippen LogP contribution >= 0.6 is 58.3 Å². The Kier molecular flexibility index (Phi) is 8.36. The van der Waals surface area contributed by atoms with Crippen molar-refractivity contribution in [3.8, 4) is 0 Å². The fourth-order valence-corrected chi connectivity index (χ4v) is 4.96. The van der Waals surface area contributed by atoms with Gasteiger partial charge in [-0.3, -0.25) is 4.79 Å². The third-order valence-corrected chi connectivity index (χ3v) is 7.21. The Morgan fingerprint density at radius 1 is 1.07 bits per heavy atom. The molecule has 0 atom stereocenters. The second kappa shape index (κ2) is 10.8. The summed E-state index contributed by atoms with van der Waals surface area (Å²) in [5.41, 5.74) is 2.66. The van der Waals surface area contributed by atoms with E-state index in [-0.39, 0.29) is 11.7 Å². The minimum absolute atomic E-state index is 0.128. The van der Waals surface area contributed by atoms with Gasteiger partial charge in [-0.25, -0.2) is 0 Å². The quantitative estimate of drug-likeness (QED) is 0.370. The number of hydrogen-bond acceptors (Lipinski definition) is 5. The van der Waals surface area contributed by atoms with E-state index < -0.39 is 0 Å². The molecule has 1 aromatic heterocycles. The van der Waals surface area contributed by atoms with Crippen molar-refractivity contribution in [2.75, 3.05) is 11.1 Å². The number of carbonyl (C=O) groups excluding carboxylic acids is 1. The fourth-order valence-electron chi connectivity index (χ4n) is 2.49. The smallest absolute Gasteiger partial charge is 0.234 e. The Hall–Kier alpha value is -1.38. The highest BCUT2D eigenvalue weighted by Crippen LogP contribution is 2.27. The minimum atomic E-state index is -0.128. The van der Waals surface area contributed by atoms with Crippen molar-refractivity contribution >= 4 is 69.9 Å². The molecule has 0 fully saturated rings. The van der Waals surface area contributed by atoms with Crippen LogP contribution in [0.2, 0.25) is 15.1 Å². The van der Waals surface area contributed by atoms with E-state index in [2.05, 4.69) is 15.5 Å². The van der Waals surface area contributed by atoms with Crippen LogP contribution in [0.15, 0.2) is 41.6 Å². The molecule has 1 heterocycles. The molecule has 158 valence electrons. The van der Waals surface area contributed by atoms with Gasteiger partial charge in [0.05, 0.1) is 11.5 Å². The molecular weight excluding hydrogens is 483 g/mol. The highest BCUT2D eigenvalue weighted by molar-refractivity contribution is 7.99. The molecule has 0 aliphatic carbocycles. The Bertz CT molecular complexity index is 1060. The fraction of sp³-hybridized carbons (Fsp3) is 0.250. The largest absolute Gasteiger partial charge is 0.325 e. The molecule has 0 aliphatic heterocycles. The number of amides is 1. The molecule has 10 heteroatoms. The summed E-state index contributed by atoms with van der Waals surface area (Å²) in [6.45, 7) is 1.91. The molecular formula is C20H19Cl3N4OS2. The van der Waals surface area contributed by atoms with Crippen LogP contribution in [0.5, 0.6) is 0 Å². The lowest BCUT2D eigenvalue weighted by Gasteiger charge is -2.07. The first-order valence-corrected chi connectivity index (χ1v) is 12.2. The van der Waals surface area contributed by atoms with Gasteiger partial charge < -0.3 is 9.88 Å². The highest BCUT2D eigenvalue weighted by atomic mass is 35.5. The molecule has 5 nitrogen and oxygen atoms in total. The van der Waals surface area contributed by atoms with Gasteiger partial charge in [0.1, 0.15) is 5.82 Å². The molecule has 2 aromatic carbocycles. The van der Waals surface area contributed by atoms with Crippen molar-refractivity contribution in [1.29, 1.82) is 0 Å². The minimum Gasteiger partial charge on any atom is -0.325 e. The van der Waals surface area contributed by atoms with E-state index in [1.165, 1.54) is 11.8 Å². The van der Waals surface area contributed by atoms with E-state index >= 15 is 0 Å². The zero-order chi connectivity index (χ0) is 21.7. The Labute approximate surface area is 198 Å². The standard InChI is InChI=1S/C20H19Cl3N4OS2/c1-12-3-6-15(8-16(12)22)24-19(28)11-30-20-26-25-18(27(20)2)10-29-9-13-4-5-14(21)7-17(13)23/h3-8H,9-11H2,1-2H3,(H,24,28). The lowest BCUT2D eigenvalue weighted by atomic mass is 10.2. The lowest BCUT2D eigenvalue weighted by Crippen LogP contribution is -2.14. The van der Waals surface area contributed by atoms with Crippen molar-refractivity contribution in [3.63, 3.8) is 0 Å². The Morgan fingerprint density at radius 2 is 1.87 bits per heavy atom. The van der Waals surface area contributed by atoms with Crippen LogP contribution in [0.3, 0.4) is 0 Å². The van der Waals surface area contributed by atoms with Gasteiger partial charge in [0.25, 0.3) is 0 Å². The Balaban J connectivity index is 1.49. The number of nitrogens with zero attached hydrogens (tertiary/aromatic N) is 3. The number of halogens is 3. The maximum Gasteiger partial charge on any atom is 0.234 e. The molecule has 30 heavy (non-hydrogen) atoms. The second-order valence-electron chi connectivity index (χ2n) is 6.49. The van der Waals surface area contributed by atoms with Crippen LogP contribution in [0.25, 0.3) is 0 Å². The molecule has 3 aromatic rings. The summed E-state index contributed by atoms with van der Waals surface area (Å²) in [5, 5.41) is 13.9. The van der Waals surface area contributed by atoms with Gasteiger partial charge in [0, 0.05) is 33.6 Å². The first-order valence-electron chi connectivity index (χ1n) is 8.92. The number of thioether (sulfide) groups is 2. The number of nitrogens with one attached hydrogen (secondary N) is 1. The number of carbonyl (C=O) groups is 1. The third kappa shape index (κ3) is 6.31. The van der Waals surface area contributed by atoms with Gasteiger partial charge in [-0.2, -0.15) is 0 Å². The number of benzene rings is 2. The van der Waals surface area contributed by atoms with E-state index in [0.29, 0.717) is 31.7 Å². The topological polar surface area (TPSA) is 59.8 Å². The summed E-state index contributed by atoms with van der Waals surface area (Å²) in [6, 6.07) is 10.9. The summed E-state index contributed by atoms with van der Waals surface area (Å²) in [5.74, 6) is 2.35. The summed E-state index contributed by atoms with van der Waals surface area (Å²) in [4.78, 5) is 12.2. The van der Waals surface area contributed by atoms with Crippen molar-refractivity contribution in [3.05, 3.63) is 68.4 Å². The van der Waals surface area contributed by atoms with Crippen LogP contribution in [-0.4, -0.2) is 26.4 Å². The zero-order valence-electron chi connectivity index (χ0n) is 16.3. The first-order chi connectivity index (χ1) is 14.3. The van der Waals surface area contributed by atoms with Crippen LogP contribution in [0.1, 0.15) is 17.0 Å². The second-order valence-corrected chi connectivity index (χ2v) is 9.67. The normalized spacial score (nSPS) is 11.0. The summed E-state index contributed by atoms with van der Waals surface area (Å²) < 4.78 is 1.90. The predicted molar refractivity (Wildman–Crippen MR) is 128 cm³/mol. The van der Waals surface area contributed by atoms with Crippen LogP contribution in [-0.2, 0) is 23.3 Å². The van der Waals surface area contributed by atoms with Gasteiger partial charge in [0.15, 0.2) is 5.16 Å². The molecule has 0 aliphatic rings. The molecule has 0 saturated carbocycles. The highest BCUT2D eigenvalue weighted by Gasteiger charge is 2.12. The van der Waals surface area contributed by atoms with Gasteiger partial charge >= 0.3 is 0 Å². The number of aryl methyl sites for hydroxylation is 1. The SMILES string of the molecule is Cc1ccc(NC(=O)CSc2nnc(CSCc3ccc(Cl)cc3Cl)n2C)cc1Cl. The monoisotopic (exact) mass is 500 g/mol. The summed E-state index contributed by atoms with van der Waals surface area (Å²) in [6.07, 6.45) is 0. The molecule has 0 radical (unpaired) electrons. The van der Waals surface area contributed by atoms with Crippen molar-refractivity contribution in [2.24, 2.45) is 7.05 Å². The van der Waals surface area contributed by atoms with E-state index in [1.807, 2.05) is 42.8 Å². The molecule has 1 N–H and O–H groups in total. The van der Waals surface area contributed by atoms with E-state index in [4.69, 9.17) is 34.8 Å². The number of aromatic nitrogens is 3.